The van der Waals surface area contributed by atoms with E-state index >= 15 is 0 Å². The maximum atomic E-state index is 13.0. The number of fused-ring (bicyclic) bond motifs is 1. The summed E-state index contributed by atoms with van der Waals surface area (Å²) in [5.41, 5.74) is 4.70. The van der Waals surface area contributed by atoms with Crippen molar-refractivity contribution in [2.24, 2.45) is 5.10 Å². The van der Waals surface area contributed by atoms with Gasteiger partial charge in [0.25, 0.3) is 11.5 Å². The van der Waals surface area contributed by atoms with E-state index in [1.807, 2.05) is 54.6 Å². The highest BCUT2D eigenvalue weighted by Gasteiger charge is 2.17. The summed E-state index contributed by atoms with van der Waals surface area (Å²) in [5, 5.41) is 9.51. The number of rotatable bonds is 6. The number of nitrogens with zero attached hydrogens (tertiary/aromatic N) is 3. The van der Waals surface area contributed by atoms with Gasteiger partial charge >= 0.3 is 0 Å². The molecule has 0 radical (unpaired) electrons. The molecule has 1 aromatic heterocycles. The topological polar surface area (TPSA) is 85.6 Å². The fraction of sp³-hybridized carbons (Fsp3) is 0.120. The van der Waals surface area contributed by atoms with Crippen LogP contribution in [0.25, 0.3) is 10.8 Å². The van der Waals surface area contributed by atoms with Crippen LogP contribution < -0.4 is 15.7 Å². The fourth-order valence-corrected chi connectivity index (χ4v) is 3.46. The average Bonchev–Trinajstić information content (AvgIpc) is 2.84. The summed E-state index contributed by atoms with van der Waals surface area (Å²) in [6.07, 6.45) is 0. The number of para-hydroxylation sites is 1. The molecule has 0 aliphatic rings. The van der Waals surface area contributed by atoms with Crippen LogP contribution in [0.15, 0.2) is 88.8 Å². The summed E-state index contributed by atoms with van der Waals surface area (Å²) in [5.74, 6) is 0.153. The summed E-state index contributed by atoms with van der Waals surface area (Å²) in [6, 6.07) is 23.9. The van der Waals surface area contributed by atoms with Crippen molar-refractivity contribution < 1.29 is 9.53 Å². The molecule has 1 heterocycles. The minimum absolute atomic E-state index is 0.132. The van der Waals surface area contributed by atoms with E-state index in [-0.39, 0.29) is 17.8 Å². The van der Waals surface area contributed by atoms with Crippen LogP contribution in [0.5, 0.6) is 5.75 Å². The minimum Gasteiger partial charge on any atom is -0.496 e. The van der Waals surface area contributed by atoms with E-state index in [4.69, 9.17) is 4.74 Å². The summed E-state index contributed by atoms with van der Waals surface area (Å²) in [6.45, 7) is 2.04. The van der Waals surface area contributed by atoms with Crippen molar-refractivity contribution in [3.63, 3.8) is 0 Å². The van der Waals surface area contributed by atoms with E-state index in [1.54, 1.807) is 38.3 Å². The molecule has 1 amide bonds. The largest absolute Gasteiger partial charge is 0.496 e. The third-order valence-electron chi connectivity index (χ3n) is 5.08. The molecule has 160 valence electrons. The second kappa shape index (κ2) is 9.26. The van der Waals surface area contributed by atoms with Crippen LogP contribution in [0.4, 0.5) is 0 Å². The Labute approximate surface area is 185 Å². The highest BCUT2D eigenvalue weighted by molar-refractivity contribution is 6.06. The van der Waals surface area contributed by atoms with Crippen molar-refractivity contribution in [3.8, 4) is 5.75 Å². The van der Waals surface area contributed by atoms with E-state index in [0.29, 0.717) is 22.2 Å². The van der Waals surface area contributed by atoms with Gasteiger partial charge in [0, 0.05) is 10.9 Å². The van der Waals surface area contributed by atoms with E-state index in [2.05, 4.69) is 15.6 Å². The number of carbonyl (C=O) groups excluding carboxylic acids is 1. The fourth-order valence-electron chi connectivity index (χ4n) is 3.46. The first-order valence-corrected chi connectivity index (χ1v) is 10.1. The third-order valence-corrected chi connectivity index (χ3v) is 5.08. The predicted molar refractivity (Wildman–Crippen MR) is 124 cm³/mol. The number of ether oxygens (including phenoxy) is 1. The lowest BCUT2D eigenvalue weighted by Crippen LogP contribution is -2.29. The van der Waals surface area contributed by atoms with Crippen LogP contribution in [0, 0.1) is 0 Å². The first-order chi connectivity index (χ1) is 15.6. The van der Waals surface area contributed by atoms with E-state index in [9.17, 15) is 9.59 Å². The summed E-state index contributed by atoms with van der Waals surface area (Å²) in [4.78, 5) is 26.0. The monoisotopic (exact) mass is 426 g/mol. The predicted octanol–water partition coefficient (Wildman–Crippen LogP) is 3.61. The lowest BCUT2D eigenvalue weighted by Gasteiger charge is -2.11. The van der Waals surface area contributed by atoms with Gasteiger partial charge in [0.1, 0.15) is 5.75 Å². The smallest absolute Gasteiger partial charge is 0.292 e. The van der Waals surface area contributed by atoms with Crippen LogP contribution >= 0.6 is 0 Å². The Morgan fingerprint density at radius 3 is 2.38 bits per heavy atom. The van der Waals surface area contributed by atoms with Crippen molar-refractivity contribution in [2.75, 3.05) is 7.11 Å². The zero-order valence-corrected chi connectivity index (χ0v) is 17.8. The van der Waals surface area contributed by atoms with Gasteiger partial charge in [-0.15, -0.1) is 0 Å². The van der Waals surface area contributed by atoms with E-state index < -0.39 is 5.91 Å². The van der Waals surface area contributed by atoms with Gasteiger partial charge in [0.2, 0.25) is 0 Å². The minimum atomic E-state index is -0.503. The number of amides is 1. The molecule has 0 saturated carbocycles. The first-order valence-electron chi connectivity index (χ1n) is 10.1. The van der Waals surface area contributed by atoms with Crippen molar-refractivity contribution in [1.29, 1.82) is 0 Å². The number of benzene rings is 3. The average molecular weight is 426 g/mol. The van der Waals surface area contributed by atoms with Gasteiger partial charge < -0.3 is 4.74 Å². The number of hydrogen-bond acceptors (Lipinski definition) is 5. The van der Waals surface area contributed by atoms with Gasteiger partial charge in [-0.3, -0.25) is 9.59 Å². The Morgan fingerprint density at radius 1 is 0.969 bits per heavy atom. The molecule has 4 aromatic rings. The standard InChI is InChI=1S/C25H22N4O3/c1-17(19-12-8-9-15-22(19)32-2)26-27-24(30)23-20-13-6-7-14-21(20)25(31)29(28-23)16-18-10-4-3-5-11-18/h3-15H,16H2,1-2H3,(H,27,30)/b26-17+. The van der Waals surface area contributed by atoms with Crippen molar-refractivity contribution in [3.05, 3.63) is 106 Å². The molecule has 32 heavy (non-hydrogen) atoms. The first kappa shape index (κ1) is 21.0. The summed E-state index contributed by atoms with van der Waals surface area (Å²) < 4.78 is 6.67. The highest BCUT2D eigenvalue weighted by Crippen LogP contribution is 2.18. The summed E-state index contributed by atoms with van der Waals surface area (Å²) in [7, 11) is 1.58. The molecule has 0 fully saturated rings. The van der Waals surface area contributed by atoms with Gasteiger partial charge in [-0.1, -0.05) is 60.7 Å². The molecule has 0 bridgehead atoms. The lowest BCUT2D eigenvalue weighted by atomic mass is 10.1. The molecule has 7 nitrogen and oxygen atoms in total. The Bertz CT molecular complexity index is 1360. The molecule has 0 saturated heterocycles. The number of hydrazone groups is 1. The molecule has 0 atom stereocenters. The van der Waals surface area contributed by atoms with Gasteiger partial charge in [-0.2, -0.15) is 10.2 Å². The Balaban J connectivity index is 1.70. The van der Waals surface area contributed by atoms with Crippen LogP contribution in [-0.4, -0.2) is 28.5 Å². The molecule has 0 unspecified atom stereocenters. The maximum absolute atomic E-state index is 13.0. The number of methoxy groups -OCH3 is 1. The molecule has 1 N–H and O–H groups in total. The quantitative estimate of drug-likeness (QED) is 0.377. The maximum Gasteiger partial charge on any atom is 0.292 e. The SMILES string of the molecule is COc1ccccc1/C(C)=N/NC(=O)c1nn(Cc2ccccc2)c(=O)c2ccccc12. The van der Waals surface area contributed by atoms with Gasteiger partial charge in [-0.25, -0.2) is 10.1 Å². The second-order valence-corrected chi connectivity index (χ2v) is 7.18. The molecule has 0 aliphatic carbocycles. The third kappa shape index (κ3) is 4.27. The van der Waals surface area contributed by atoms with Crippen molar-refractivity contribution >= 4 is 22.4 Å². The van der Waals surface area contributed by atoms with Crippen molar-refractivity contribution in [1.82, 2.24) is 15.2 Å². The zero-order chi connectivity index (χ0) is 22.5. The molecule has 3 aromatic carbocycles. The van der Waals surface area contributed by atoms with Crippen molar-refractivity contribution in [2.45, 2.75) is 13.5 Å². The molecule has 4 rings (SSSR count). The molecule has 7 heteroatoms. The van der Waals surface area contributed by atoms with Gasteiger partial charge in [-0.05, 0) is 30.7 Å². The normalized spacial score (nSPS) is 11.4. The number of hydrogen-bond donors (Lipinski definition) is 1. The number of nitrogens with one attached hydrogen (secondary N) is 1. The van der Waals surface area contributed by atoms with Gasteiger partial charge in [0.15, 0.2) is 5.69 Å². The van der Waals surface area contributed by atoms with Crippen LogP contribution in [0.2, 0.25) is 0 Å². The molecule has 0 aliphatic heterocycles. The van der Waals surface area contributed by atoms with Crippen LogP contribution in [0.3, 0.4) is 0 Å². The molecule has 0 spiro atoms. The second-order valence-electron chi connectivity index (χ2n) is 7.18. The van der Waals surface area contributed by atoms with Crippen LogP contribution in [-0.2, 0) is 6.54 Å². The molecular formula is C25H22N4O3. The van der Waals surface area contributed by atoms with Gasteiger partial charge in [0.05, 0.1) is 24.8 Å². The summed E-state index contributed by atoms with van der Waals surface area (Å²) >= 11 is 0. The Morgan fingerprint density at radius 2 is 1.62 bits per heavy atom. The van der Waals surface area contributed by atoms with E-state index in [1.165, 1.54) is 4.68 Å². The van der Waals surface area contributed by atoms with Crippen LogP contribution in [0.1, 0.15) is 28.5 Å². The highest BCUT2D eigenvalue weighted by atomic mass is 16.5. The van der Waals surface area contributed by atoms with E-state index in [0.717, 1.165) is 11.1 Å². The lowest BCUT2D eigenvalue weighted by molar-refractivity contribution is 0.0949. The zero-order valence-electron chi connectivity index (χ0n) is 17.8. The Hall–Kier alpha value is -4.26. The Kier molecular flexibility index (Phi) is 6.07. The molecular weight excluding hydrogens is 404 g/mol. The number of carbonyl (C=O) groups is 1. The number of aromatic nitrogens is 2.